The van der Waals surface area contributed by atoms with Crippen molar-refractivity contribution in [3.05, 3.63) is 40.6 Å². The van der Waals surface area contributed by atoms with Crippen molar-refractivity contribution < 1.29 is 4.79 Å². The summed E-state index contributed by atoms with van der Waals surface area (Å²) in [4.78, 5) is 19.7. The molecule has 1 atom stereocenters. The van der Waals surface area contributed by atoms with Gasteiger partial charge in [0.25, 0.3) is 0 Å². The number of hydrogen-bond donors (Lipinski definition) is 2. The van der Waals surface area contributed by atoms with Gasteiger partial charge >= 0.3 is 0 Å². The molecule has 16 heavy (non-hydrogen) atoms. The van der Waals surface area contributed by atoms with Gasteiger partial charge in [-0.3, -0.25) is 4.79 Å². The first-order valence-electron chi connectivity index (χ1n) is 5.05. The molecule has 0 aromatic carbocycles. The molecule has 1 unspecified atom stereocenters. The van der Waals surface area contributed by atoms with Crippen molar-refractivity contribution in [1.82, 2.24) is 15.3 Å². The third-order valence-corrected chi connectivity index (χ3v) is 3.15. The Bertz CT molecular complexity index is 436. The molecule has 2 aromatic rings. The lowest BCUT2D eigenvalue weighted by Gasteiger charge is -2.11. The average molecular weight is 235 g/mol. The topological polar surface area (TPSA) is 57.8 Å². The number of amides is 1. The predicted molar refractivity (Wildman–Crippen MR) is 63.2 cm³/mol. The molecule has 0 aliphatic rings. The van der Waals surface area contributed by atoms with Gasteiger partial charge in [0.2, 0.25) is 5.91 Å². The van der Waals surface area contributed by atoms with Crippen LogP contribution < -0.4 is 5.32 Å². The SMILES string of the molecule is CC(NC(=O)Cc1cccs1)c1cnc[nH]1. The van der Waals surface area contributed by atoms with E-state index in [1.54, 1.807) is 23.9 Å². The van der Waals surface area contributed by atoms with Crippen molar-refractivity contribution in [2.24, 2.45) is 0 Å². The number of carbonyl (C=O) groups excluding carboxylic acids is 1. The Morgan fingerprint density at radius 1 is 1.69 bits per heavy atom. The van der Waals surface area contributed by atoms with Crippen LogP contribution in [0.5, 0.6) is 0 Å². The van der Waals surface area contributed by atoms with Crippen LogP contribution in [-0.2, 0) is 11.2 Å². The summed E-state index contributed by atoms with van der Waals surface area (Å²) in [5.41, 5.74) is 0.916. The normalized spacial score (nSPS) is 12.3. The van der Waals surface area contributed by atoms with E-state index >= 15 is 0 Å². The molecule has 0 saturated heterocycles. The molecule has 0 aliphatic heterocycles. The second kappa shape index (κ2) is 4.94. The van der Waals surface area contributed by atoms with Crippen LogP contribution in [0, 0.1) is 0 Å². The number of H-pyrrole nitrogens is 1. The van der Waals surface area contributed by atoms with E-state index < -0.39 is 0 Å². The largest absolute Gasteiger partial charge is 0.348 e. The molecule has 0 bridgehead atoms. The van der Waals surface area contributed by atoms with Crippen molar-refractivity contribution >= 4 is 17.2 Å². The lowest BCUT2D eigenvalue weighted by atomic mass is 10.2. The molecule has 0 spiro atoms. The zero-order chi connectivity index (χ0) is 11.4. The molecule has 2 N–H and O–H groups in total. The molecular formula is C11H13N3OS. The maximum absolute atomic E-state index is 11.7. The van der Waals surface area contributed by atoms with Crippen LogP contribution in [0.3, 0.4) is 0 Å². The third-order valence-electron chi connectivity index (χ3n) is 2.28. The van der Waals surface area contributed by atoms with Gasteiger partial charge in [-0.25, -0.2) is 4.98 Å². The van der Waals surface area contributed by atoms with E-state index in [0.717, 1.165) is 10.6 Å². The Morgan fingerprint density at radius 3 is 3.19 bits per heavy atom. The average Bonchev–Trinajstić information content (AvgIpc) is 2.88. The van der Waals surface area contributed by atoms with E-state index in [1.807, 2.05) is 24.4 Å². The van der Waals surface area contributed by atoms with Gasteiger partial charge < -0.3 is 10.3 Å². The van der Waals surface area contributed by atoms with Crippen LogP contribution in [0.1, 0.15) is 23.5 Å². The van der Waals surface area contributed by atoms with Crippen LogP contribution in [-0.4, -0.2) is 15.9 Å². The van der Waals surface area contributed by atoms with Gasteiger partial charge in [0, 0.05) is 4.88 Å². The molecule has 5 heteroatoms. The van der Waals surface area contributed by atoms with Gasteiger partial charge in [0.05, 0.1) is 30.7 Å². The summed E-state index contributed by atoms with van der Waals surface area (Å²) in [7, 11) is 0. The number of aromatic nitrogens is 2. The number of thiophene rings is 1. The number of hydrogen-bond acceptors (Lipinski definition) is 3. The first kappa shape index (κ1) is 10.9. The monoisotopic (exact) mass is 235 g/mol. The zero-order valence-corrected chi connectivity index (χ0v) is 9.75. The summed E-state index contributed by atoms with van der Waals surface area (Å²) in [6, 6.07) is 3.88. The number of carbonyl (C=O) groups is 1. The third kappa shape index (κ3) is 2.70. The fourth-order valence-electron chi connectivity index (χ4n) is 1.45. The van der Waals surface area contributed by atoms with E-state index in [4.69, 9.17) is 0 Å². The number of imidazole rings is 1. The fraction of sp³-hybridized carbons (Fsp3) is 0.273. The molecular weight excluding hydrogens is 222 g/mol. The van der Waals surface area contributed by atoms with Crippen molar-refractivity contribution in [1.29, 1.82) is 0 Å². The van der Waals surface area contributed by atoms with Gasteiger partial charge in [-0.2, -0.15) is 0 Å². The summed E-state index contributed by atoms with van der Waals surface area (Å²) in [6.45, 7) is 1.93. The van der Waals surface area contributed by atoms with Crippen molar-refractivity contribution in [2.75, 3.05) is 0 Å². The van der Waals surface area contributed by atoms with Crippen molar-refractivity contribution in [2.45, 2.75) is 19.4 Å². The van der Waals surface area contributed by atoms with E-state index in [9.17, 15) is 4.79 Å². The molecule has 2 heterocycles. The maximum Gasteiger partial charge on any atom is 0.225 e. The van der Waals surface area contributed by atoms with E-state index in [0.29, 0.717) is 6.42 Å². The standard InChI is InChI=1S/C11H13N3OS/c1-8(10-6-12-7-13-10)14-11(15)5-9-3-2-4-16-9/h2-4,6-8H,5H2,1H3,(H,12,13)(H,14,15). The minimum atomic E-state index is -0.0324. The summed E-state index contributed by atoms with van der Waals surface area (Å²) in [5.74, 6) is 0.0320. The molecule has 0 saturated carbocycles. The maximum atomic E-state index is 11.7. The van der Waals surface area contributed by atoms with E-state index in [1.165, 1.54) is 0 Å². The summed E-state index contributed by atoms with van der Waals surface area (Å²) in [6.07, 6.45) is 3.77. The van der Waals surface area contributed by atoms with Gasteiger partial charge in [-0.05, 0) is 18.4 Å². The molecule has 0 aliphatic carbocycles. The molecule has 84 valence electrons. The summed E-state index contributed by atoms with van der Waals surface area (Å²) >= 11 is 1.59. The van der Waals surface area contributed by atoms with Crippen LogP contribution in [0.25, 0.3) is 0 Å². The van der Waals surface area contributed by atoms with Crippen molar-refractivity contribution in [3.63, 3.8) is 0 Å². The molecule has 4 nitrogen and oxygen atoms in total. The number of nitrogens with zero attached hydrogens (tertiary/aromatic N) is 1. The second-order valence-corrected chi connectivity index (χ2v) is 4.58. The highest BCUT2D eigenvalue weighted by Gasteiger charge is 2.11. The molecule has 2 aromatic heterocycles. The molecule has 0 fully saturated rings. The summed E-state index contributed by atoms with van der Waals surface area (Å²) in [5, 5.41) is 4.89. The number of rotatable bonds is 4. The summed E-state index contributed by atoms with van der Waals surface area (Å²) < 4.78 is 0. The predicted octanol–water partition coefficient (Wildman–Crippen LogP) is 1.89. The first-order chi connectivity index (χ1) is 7.75. The highest BCUT2D eigenvalue weighted by Crippen LogP contribution is 2.11. The zero-order valence-electron chi connectivity index (χ0n) is 8.93. The highest BCUT2D eigenvalue weighted by atomic mass is 32.1. The van der Waals surface area contributed by atoms with E-state index in [-0.39, 0.29) is 11.9 Å². The Morgan fingerprint density at radius 2 is 2.56 bits per heavy atom. The molecule has 0 radical (unpaired) electrons. The van der Waals surface area contributed by atoms with Crippen molar-refractivity contribution in [3.8, 4) is 0 Å². The minimum Gasteiger partial charge on any atom is -0.348 e. The number of aromatic amines is 1. The Balaban J connectivity index is 1.88. The van der Waals surface area contributed by atoms with Crippen LogP contribution in [0.4, 0.5) is 0 Å². The molecule has 1 amide bonds. The lowest BCUT2D eigenvalue weighted by molar-refractivity contribution is -0.121. The Labute approximate surface area is 97.7 Å². The van der Waals surface area contributed by atoms with Crippen LogP contribution >= 0.6 is 11.3 Å². The minimum absolute atomic E-state index is 0.0320. The lowest BCUT2D eigenvalue weighted by Crippen LogP contribution is -2.28. The smallest absolute Gasteiger partial charge is 0.225 e. The van der Waals surface area contributed by atoms with Crippen LogP contribution in [0.2, 0.25) is 0 Å². The Hall–Kier alpha value is -1.62. The van der Waals surface area contributed by atoms with Gasteiger partial charge in [0.15, 0.2) is 0 Å². The number of nitrogens with one attached hydrogen (secondary N) is 2. The van der Waals surface area contributed by atoms with Gasteiger partial charge in [-0.1, -0.05) is 6.07 Å². The van der Waals surface area contributed by atoms with Crippen LogP contribution in [0.15, 0.2) is 30.0 Å². The Kier molecular flexibility index (Phi) is 3.36. The molecule has 2 rings (SSSR count). The van der Waals surface area contributed by atoms with Gasteiger partial charge in [-0.15, -0.1) is 11.3 Å². The van der Waals surface area contributed by atoms with Gasteiger partial charge in [0.1, 0.15) is 0 Å². The highest BCUT2D eigenvalue weighted by molar-refractivity contribution is 7.10. The quantitative estimate of drug-likeness (QED) is 0.850. The van der Waals surface area contributed by atoms with E-state index in [2.05, 4.69) is 15.3 Å². The fourth-order valence-corrected chi connectivity index (χ4v) is 2.15. The second-order valence-electron chi connectivity index (χ2n) is 3.55. The first-order valence-corrected chi connectivity index (χ1v) is 5.93.